The lowest BCUT2D eigenvalue weighted by molar-refractivity contribution is -0.195. The van der Waals surface area contributed by atoms with Crippen LogP contribution in [-0.4, -0.2) is 42.5 Å². The normalized spacial score (nSPS) is 28.1. The summed E-state index contributed by atoms with van der Waals surface area (Å²) in [6.45, 7) is 5.18. The topological polar surface area (TPSA) is 78.9 Å². The van der Waals surface area contributed by atoms with Crippen LogP contribution in [0.15, 0.2) is 36.4 Å². The maximum atomic E-state index is 13.3. The summed E-state index contributed by atoms with van der Waals surface area (Å²) in [5.41, 5.74) is -1.77. The highest BCUT2D eigenvalue weighted by Gasteiger charge is 2.65. The average Bonchev–Trinajstić information content (AvgIpc) is 2.59. The van der Waals surface area contributed by atoms with E-state index in [1.165, 1.54) is 13.2 Å². The van der Waals surface area contributed by atoms with Gasteiger partial charge in [-0.1, -0.05) is 30.3 Å². The third-order valence-electron chi connectivity index (χ3n) is 4.86. The van der Waals surface area contributed by atoms with Gasteiger partial charge in [0.25, 0.3) is 0 Å². The molecule has 6 heteroatoms. The number of benzene rings is 1. The largest absolute Gasteiger partial charge is 0.487 e. The van der Waals surface area contributed by atoms with Crippen molar-refractivity contribution in [3.63, 3.8) is 0 Å². The maximum Gasteiger partial charge on any atom is 0.327 e. The van der Waals surface area contributed by atoms with E-state index in [1.54, 1.807) is 32.9 Å². The van der Waals surface area contributed by atoms with Crippen LogP contribution in [0.1, 0.15) is 39.2 Å². The third kappa shape index (κ3) is 3.41. The minimum Gasteiger partial charge on any atom is -0.487 e. The summed E-state index contributed by atoms with van der Waals surface area (Å²) in [5.74, 6) is -0.943. The second-order valence-electron chi connectivity index (χ2n) is 7.89. The fraction of sp³-hybridized carbons (Fsp3) is 0.476. The highest BCUT2D eigenvalue weighted by atomic mass is 16.6. The first-order valence-electron chi connectivity index (χ1n) is 8.94. The second kappa shape index (κ2) is 6.93. The molecule has 1 fully saturated rings. The number of fused-ring (bicyclic) bond motifs is 1. The summed E-state index contributed by atoms with van der Waals surface area (Å²) in [4.78, 5) is 38.7. The Hall–Kier alpha value is -2.47. The zero-order chi connectivity index (χ0) is 19.8. The fourth-order valence-corrected chi connectivity index (χ4v) is 3.65. The van der Waals surface area contributed by atoms with Crippen LogP contribution < -0.4 is 0 Å². The van der Waals surface area contributed by atoms with Gasteiger partial charge in [-0.3, -0.25) is 14.4 Å². The van der Waals surface area contributed by atoms with E-state index in [0.717, 1.165) is 0 Å². The summed E-state index contributed by atoms with van der Waals surface area (Å²) in [5, 5.41) is 0. The highest BCUT2D eigenvalue weighted by Crippen LogP contribution is 2.46. The molecule has 6 nitrogen and oxygen atoms in total. The minimum absolute atomic E-state index is 0.0319. The molecule has 1 aromatic rings. The quantitative estimate of drug-likeness (QED) is 0.600. The van der Waals surface area contributed by atoms with Crippen molar-refractivity contribution < 1.29 is 28.6 Å². The van der Waals surface area contributed by atoms with Crippen LogP contribution in [0.4, 0.5) is 0 Å². The van der Waals surface area contributed by atoms with E-state index in [9.17, 15) is 14.4 Å². The fourth-order valence-electron chi connectivity index (χ4n) is 3.65. The number of Topliss-reactive ketones (excluding diaryl/α,β-unsaturated/α-hetero) is 1. The number of carbonyl (C=O) groups is 3. The van der Waals surface area contributed by atoms with Crippen molar-refractivity contribution in [1.29, 1.82) is 0 Å². The van der Waals surface area contributed by atoms with Gasteiger partial charge in [-0.15, -0.1) is 0 Å². The van der Waals surface area contributed by atoms with E-state index >= 15 is 0 Å². The molecule has 0 amide bonds. The van der Waals surface area contributed by atoms with Gasteiger partial charge in [0.15, 0.2) is 11.2 Å². The number of ketones is 2. The molecule has 1 heterocycles. The number of hydrogen-bond donors (Lipinski definition) is 0. The van der Waals surface area contributed by atoms with Crippen molar-refractivity contribution in [1.82, 2.24) is 0 Å². The molecule has 27 heavy (non-hydrogen) atoms. The van der Waals surface area contributed by atoms with Gasteiger partial charge in [-0.2, -0.15) is 0 Å². The van der Waals surface area contributed by atoms with Crippen LogP contribution in [0, 0.1) is 5.41 Å². The van der Waals surface area contributed by atoms with E-state index in [0.29, 0.717) is 11.3 Å². The van der Waals surface area contributed by atoms with Crippen LogP contribution in [0.5, 0.6) is 0 Å². The van der Waals surface area contributed by atoms with E-state index in [-0.39, 0.29) is 18.6 Å². The molecule has 1 aliphatic heterocycles. The molecule has 3 atom stereocenters. The molecule has 0 saturated heterocycles. The Balaban J connectivity index is 2.10. The van der Waals surface area contributed by atoms with Crippen molar-refractivity contribution in [3.05, 3.63) is 42.0 Å². The van der Waals surface area contributed by atoms with Crippen molar-refractivity contribution in [2.75, 3.05) is 7.11 Å². The Labute approximate surface area is 158 Å². The van der Waals surface area contributed by atoms with Crippen LogP contribution in [0.2, 0.25) is 0 Å². The molecule has 3 rings (SSSR count). The molecule has 3 unspecified atom stereocenters. The number of carbonyl (C=O) groups excluding carboxylic acids is 3. The summed E-state index contributed by atoms with van der Waals surface area (Å²) in [6.07, 6.45) is -0.659. The van der Waals surface area contributed by atoms with Gasteiger partial charge in [-0.25, -0.2) is 0 Å². The zero-order valence-corrected chi connectivity index (χ0v) is 16.0. The van der Waals surface area contributed by atoms with Gasteiger partial charge >= 0.3 is 5.97 Å². The van der Waals surface area contributed by atoms with Crippen LogP contribution in [0.3, 0.4) is 0 Å². The van der Waals surface area contributed by atoms with Crippen molar-refractivity contribution in [3.8, 4) is 0 Å². The maximum absolute atomic E-state index is 13.3. The standard InChI is InChI=1S/C21H24O6/c1-20(2,3)27-19(24)21-16(23)12-15(13-8-6-5-7-9-13)26-18(21)11-14(22)10-17(21)25-4/h5-9,12,17-18H,10-11H2,1-4H3. The summed E-state index contributed by atoms with van der Waals surface area (Å²) in [7, 11) is 1.39. The van der Waals surface area contributed by atoms with E-state index < -0.39 is 35.0 Å². The zero-order valence-electron chi connectivity index (χ0n) is 16.0. The van der Waals surface area contributed by atoms with Gasteiger partial charge in [-0.05, 0) is 20.8 Å². The molecule has 2 aliphatic rings. The Morgan fingerprint density at radius 3 is 2.41 bits per heavy atom. The Bertz CT molecular complexity index is 789. The predicted octanol–water partition coefficient (Wildman–Crippen LogP) is 2.70. The van der Waals surface area contributed by atoms with Crippen LogP contribution in [0.25, 0.3) is 5.76 Å². The van der Waals surface area contributed by atoms with Gasteiger partial charge in [0.1, 0.15) is 23.2 Å². The lowest BCUT2D eigenvalue weighted by atomic mass is 9.65. The molecular weight excluding hydrogens is 348 g/mol. The number of esters is 1. The monoisotopic (exact) mass is 372 g/mol. The van der Waals surface area contributed by atoms with Gasteiger partial charge in [0.2, 0.25) is 0 Å². The molecule has 0 N–H and O–H groups in total. The third-order valence-corrected chi connectivity index (χ3v) is 4.86. The SMILES string of the molecule is COC1CC(=O)CC2OC(c3ccccc3)=CC(=O)C12C(=O)OC(C)(C)C. The molecule has 0 spiro atoms. The van der Waals surface area contributed by atoms with E-state index in [4.69, 9.17) is 14.2 Å². The molecule has 144 valence electrons. The minimum atomic E-state index is -1.69. The Kier molecular flexibility index (Phi) is 4.95. The van der Waals surface area contributed by atoms with Crippen molar-refractivity contribution in [2.24, 2.45) is 5.41 Å². The Morgan fingerprint density at radius 1 is 1.15 bits per heavy atom. The number of ether oxygens (including phenoxy) is 3. The first-order valence-corrected chi connectivity index (χ1v) is 8.94. The molecule has 0 bridgehead atoms. The number of rotatable bonds is 3. The number of methoxy groups -OCH3 is 1. The molecule has 1 aromatic carbocycles. The lowest BCUT2D eigenvalue weighted by Gasteiger charge is -2.47. The van der Waals surface area contributed by atoms with Crippen LogP contribution >= 0.6 is 0 Å². The molecule has 1 aliphatic carbocycles. The highest BCUT2D eigenvalue weighted by molar-refractivity contribution is 6.15. The van der Waals surface area contributed by atoms with Crippen LogP contribution in [-0.2, 0) is 28.6 Å². The van der Waals surface area contributed by atoms with Gasteiger partial charge in [0, 0.05) is 31.6 Å². The van der Waals surface area contributed by atoms with Gasteiger partial charge in [0.05, 0.1) is 6.10 Å². The number of hydrogen-bond acceptors (Lipinski definition) is 6. The molecule has 0 radical (unpaired) electrons. The van der Waals surface area contributed by atoms with Crippen molar-refractivity contribution >= 4 is 23.3 Å². The summed E-state index contributed by atoms with van der Waals surface area (Å²) in [6, 6.07) is 9.11. The second-order valence-corrected chi connectivity index (χ2v) is 7.89. The number of allylic oxidation sites excluding steroid dienone is 1. The van der Waals surface area contributed by atoms with Gasteiger partial charge < -0.3 is 14.2 Å². The Morgan fingerprint density at radius 2 is 1.81 bits per heavy atom. The first kappa shape index (κ1) is 19.3. The average molecular weight is 372 g/mol. The first-order chi connectivity index (χ1) is 12.7. The molecule has 0 aromatic heterocycles. The smallest absolute Gasteiger partial charge is 0.327 e. The molecular formula is C21H24O6. The summed E-state index contributed by atoms with van der Waals surface area (Å²) >= 11 is 0. The van der Waals surface area contributed by atoms with E-state index in [1.807, 2.05) is 18.2 Å². The van der Waals surface area contributed by atoms with E-state index in [2.05, 4.69) is 0 Å². The van der Waals surface area contributed by atoms with Crippen molar-refractivity contribution in [2.45, 2.75) is 51.4 Å². The summed E-state index contributed by atoms with van der Waals surface area (Å²) < 4.78 is 17.0. The predicted molar refractivity (Wildman–Crippen MR) is 97.6 cm³/mol. The lowest BCUT2D eigenvalue weighted by Crippen LogP contribution is -2.63. The molecule has 1 saturated carbocycles.